The van der Waals surface area contributed by atoms with Crippen LogP contribution in [0.2, 0.25) is 0 Å². The molecule has 2 saturated heterocycles. The normalized spacial score (nSPS) is 28.7. The highest BCUT2D eigenvalue weighted by Crippen LogP contribution is 2.39. The summed E-state index contributed by atoms with van der Waals surface area (Å²) in [6, 6.07) is 9.89. The topological polar surface area (TPSA) is 66.8 Å². The van der Waals surface area contributed by atoms with Gasteiger partial charge >= 0.3 is 0 Å². The molecule has 7 heteroatoms. The zero-order valence-electron chi connectivity index (χ0n) is 15.4. The van der Waals surface area contributed by atoms with Gasteiger partial charge in [0.15, 0.2) is 15.0 Å². The Morgan fingerprint density at radius 1 is 1.15 bits per heavy atom. The van der Waals surface area contributed by atoms with Crippen LogP contribution in [0.4, 0.5) is 0 Å². The smallest absolute Gasteiger partial charge is 0.248 e. The molecule has 3 fully saturated rings. The van der Waals surface area contributed by atoms with Gasteiger partial charge in [0.2, 0.25) is 5.91 Å². The van der Waals surface area contributed by atoms with E-state index in [0.717, 1.165) is 12.0 Å². The van der Waals surface area contributed by atoms with Crippen molar-refractivity contribution in [3.05, 3.63) is 35.9 Å². The van der Waals surface area contributed by atoms with Gasteiger partial charge < -0.3 is 4.90 Å². The van der Waals surface area contributed by atoms with Gasteiger partial charge in [-0.15, -0.1) is 0 Å². The minimum Gasteiger partial charge on any atom is -0.342 e. The van der Waals surface area contributed by atoms with Crippen LogP contribution in [0.5, 0.6) is 0 Å². The summed E-state index contributed by atoms with van der Waals surface area (Å²) in [4.78, 5) is 18.9. The van der Waals surface area contributed by atoms with Gasteiger partial charge in [-0.1, -0.05) is 67.8 Å². The zero-order chi connectivity index (χ0) is 18.9. The summed E-state index contributed by atoms with van der Waals surface area (Å²) in [7, 11) is -3.01. The second-order valence-electron chi connectivity index (χ2n) is 7.89. The molecule has 0 bridgehead atoms. The SMILES string of the molecule is O=C(CCC1CCCC1)N=C1S[C@@H]2CS(=O)(=O)C[C@H]2N1Cc1ccccc1. The molecule has 1 aliphatic carbocycles. The van der Waals surface area contributed by atoms with Gasteiger partial charge in [-0.05, 0) is 17.9 Å². The molecule has 0 spiro atoms. The largest absolute Gasteiger partial charge is 0.342 e. The van der Waals surface area contributed by atoms with E-state index >= 15 is 0 Å². The first-order valence-electron chi connectivity index (χ1n) is 9.79. The minimum atomic E-state index is -3.01. The number of thioether (sulfide) groups is 1. The summed E-state index contributed by atoms with van der Waals surface area (Å²) in [6.07, 6.45) is 6.47. The molecule has 2 aliphatic heterocycles. The van der Waals surface area contributed by atoms with Crippen LogP contribution in [-0.2, 0) is 21.2 Å². The van der Waals surface area contributed by atoms with Gasteiger partial charge in [-0.2, -0.15) is 4.99 Å². The van der Waals surface area contributed by atoms with Gasteiger partial charge in [0.05, 0.1) is 17.5 Å². The van der Waals surface area contributed by atoms with E-state index in [2.05, 4.69) is 4.99 Å². The molecule has 1 aromatic carbocycles. The van der Waals surface area contributed by atoms with Gasteiger partial charge in [0.25, 0.3) is 0 Å². The van der Waals surface area contributed by atoms with E-state index in [-0.39, 0.29) is 28.7 Å². The van der Waals surface area contributed by atoms with Crippen molar-refractivity contribution in [2.24, 2.45) is 10.9 Å². The minimum absolute atomic E-state index is 0.0138. The first-order valence-corrected chi connectivity index (χ1v) is 12.5. The van der Waals surface area contributed by atoms with E-state index in [4.69, 9.17) is 0 Å². The number of hydrogen-bond acceptors (Lipinski definition) is 4. The van der Waals surface area contributed by atoms with Crippen molar-refractivity contribution in [2.75, 3.05) is 11.5 Å². The van der Waals surface area contributed by atoms with E-state index in [9.17, 15) is 13.2 Å². The molecule has 0 aromatic heterocycles. The van der Waals surface area contributed by atoms with Crippen LogP contribution >= 0.6 is 11.8 Å². The van der Waals surface area contributed by atoms with Crippen LogP contribution in [0, 0.1) is 5.92 Å². The molecule has 146 valence electrons. The maximum Gasteiger partial charge on any atom is 0.248 e. The number of benzene rings is 1. The molecular formula is C20H26N2O3S2. The Kier molecular flexibility index (Phi) is 5.60. The van der Waals surface area contributed by atoms with Crippen LogP contribution in [0.15, 0.2) is 35.3 Å². The summed E-state index contributed by atoms with van der Waals surface area (Å²) in [5, 5.41) is 0.695. The number of nitrogens with zero attached hydrogens (tertiary/aromatic N) is 2. The summed E-state index contributed by atoms with van der Waals surface area (Å²) in [5.74, 6) is 0.955. The second-order valence-corrected chi connectivity index (χ2v) is 11.3. The fourth-order valence-corrected chi connectivity index (χ4v) is 8.36. The molecule has 27 heavy (non-hydrogen) atoms. The summed E-state index contributed by atoms with van der Waals surface area (Å²) < 4.78 is 24.1. The second kappa shape index (κ2) is 7.95. The highest BCUT2D eigenvalue weighted by atomic mass is 32.2. The molecule has 0 N–H and O–H groups in total. The fraction of sp³-hybridized carbons (Fsp3) is 0.600. The summed E-state index contributed by atoms with van der Waals surface area (Å²) in [6.45, 7) is 0.596. The zero-order valence-corrected chi connectivity index (χ0v) is 17.1. The summed E-state index contributed by atoms with van der Waals surface area (Å²) in [5.41, 5.74) is 1.11. The maximum absolute atomic E-state index is 12.5. The predicted molar refractivity (Wildman–Crippen MR) is 109 cm³/mol. The van der Waals surface area contributed by atoms with E-state index in [0.29, 0.717) is 24.1 Å². The van der Waals surface area contributed by atoms with E-state index in [1.807, 2.05) is 35.2 Å². The number of sulfone groups is 1. The quantitative estimate of drug-likeness (QED) is 0.751. The molecule has 1 aromatic rings. The molecule has 1 amide bonds. The average molecular weight is 407 g/mol. The van der Waals surface area contributed by atoms with E-state index in [1.54, 1.807) is 0 Å². The van der Waals surface area contributed by atoms with E-state index in [1.165, 1.54) is 37.4 Å². The lowest BCUT2D eigenvalue weighted by atomic mass is 10.0. The molecular weight excluding hydrogens is 380 g/mol. The van der Waals surface area contributed by atoms with Crippen LogP contribution in [-0.4, -0.2) is 47.2 Å². The summed E-state index contributed by atoms with van der Waals surface area (Å²) >= 11 is 1.47. The van der Waals surface area contributed by atoms with Crippen molar-refractivity contribution < 1.29 is 13.2 Å². The number of hydrogen-bond donors (Lipinski definition) is 0. The lowest BCUT2D eigenvalue weighted by Gasteiger charge is -2.24. The highest BCUT2D eigenvalue weighted by molar-refractivity contribution is 8.15. The van der Waals surface area contributed by atoms with Crippen LogP contribution in [0.25, 0.3) is 0 Å². The Hall–Kier alpha value is -1.34. The Morgan fingerprint density at radius 2 is 1.89 bits per heavy atom. The standard InChI is InChI=1S/C20H26N2O3S2/c23-19(11-10-15-6-4-5-7-15)21-20-22(12-16-8-2-1-3-9-16)17-13-27(24,25)14-18(17)26-20/h1-3,8-9,15,17-18H,4-7,10-14H2/t17-,18-/m1/s1. The number of carbonyl (C=O) groups excluding carboxylic acids is 1. The fourth-order valence-electron chi connectivity index (χ4n) is 4.39. The third kappa shape index (κ3) is 4.57. The van der Waals surface area contributed by atoms with Gasteiger partial charge in [0, 0.05) is 18.2 Å². The number of amides is 1. The van der Waals surface area contributed by atoms with Crippen LogP contribution in [0.1, 0.15) is 44.1 Å². The molecule has 3 aliphatic rings. The third-order valence-electron chi connectivity index (χ3n) is 5.83. The van der Waals surface area contributed by atoms with E-state index < -0.39 is 9.84 Å². The van der Waals surface area contributed by atoms with Crippen molar-refractivity contribution in [1.82, 2.24) is 4.90 Å². The number of rotatable bonds is 5. The monoisotopic (exact) mass is 406 g/mol. The Labute approximate surface area is 165 Å². The number of carbonyl (C=O) groups is 1. The predicted octanol–water partition coefficient (Wildman–Crippen LogP) is 3.25. The van der Waals surface area contributed by atoms with Gasteiger partial charge in [-0.3, -0.25) is 4.79 Å². The lowest BCUT2D eigenvalue weighted by Crippen LogP contribution is -2.37. The van der Waals surface area contributed by atoms with Crippen molar-refractivity contribution in [1.29, 1.82) is 0 Å². The Morgan fingerprint density at radius 3 is 2.63 bits per heavy atom. The molecule has 1 saturated carbocycles. The average Bonchev–Trinajstić information content (AvgIpc) is 3.31. The van der Waals surface area contributed by atoms with Crippen molar-refractivity contribution >= 4 is 32.7 Å². The molecule has 4 rings (SSSR count). The highest BCUT2D eigenvalue weighted by Gasteiger charge is 2.48. The van der Waals surface area contributed by atoms with Crippen LogP contribution in [0.3, 0.4) is 0 Å². The first kappa shape index (κ1) is 19.0. The van der Waals surface area contributed by atoms with Gasteiger partial charge in [-0.25, -0.2) is 8.42 Å². The van der Waals surface area contributed by atoms with Crippen LogP contribution < -0.4 is 0 Å². The Balaban J connectivity index is 1.48. The van der Waals surface area contributed by atoms with Crippen molar-refractivity contribution in [2.45, 2.75) is 56.4 Å². The van der Waals surface area contributed by atoms with Crippen molar-refractivity contribution in [3.8, 4) is 0 Å². The molecule has 2 atom stereocenters. The molecule has 5 nitrogen and oxygen atoms in total. The van der Waals surface area contributed by atoms with Gasteiger partial charge in [0.1, 0.15) is 0 Å². The van der Waals surface area contributed by atoms with Crippen molar-refractivity contribution in [3.63, 3.8) is 0 Å². The Bertz CT molecular complexity index is 817. The molecule has 0 radical (unpaired) electrons. The molecule has 0 unspecified atom stereocenters. The maximum atomic E-state index is 12.5. The number of amidine groups is 1. The molecule has 2 heterocycles. The number of aliphatic imine (C=N–C) groups is 1. The first-order chi connectivity index (χ1) is 13.0. The third-order valence-corrected chi connectivity index (χ3v) is 9.08. The lowest BCUT2D eigenvalue weighted by molar-refractivity contribution is -0.118. The number of fused-ring (bicyclic) bond motifs is 1.